The first kappa shape index (κ1) is 5.98. The van der Waals surface area contributed by atoms with E-state index >= 15 is 0 Å². The first-order valence-corrected chi connectivity index (χ1v) is 2.91. The number of aromatic nitrogens is 2. The molecule has 0 spiro atoms. The number of rotatable bonds is 0. The molecule has 44 valence electrons. The molecule has 0 aliphatic carbocycles. The Hall–Kier alpha value is -0.150. The van der Waals surface area contributed by atoms with E-state index in [0.29, 0.717) is 10.0 Å². The number of hydrogen-bond donors (Lipinski definition) is 1. The molecule has 0 unspecified atom stereocenters. The SMILES string of the molecule is Cn1ncc(S)c1Cl. The maximum atomic E-state index is 5.62. The number of aryl methyl sites for hydroxylation is 1. The molecule has 2 nitrogen and oxygen atoms in total. The molecule has 0 aromatic carbocycles. The molecule has 0 N–H and O–H groups in total. The second-order valence-electron chi connectivity index (χ2n) is 1.44. The average molecular weight is 149 g/mol. The number of thiol groups is 1. The summed E-state index contributed by atoms with van der Waals surface area (Å²) in [5.74, 6) is 0. The third-order valence-electron chi connectivity index (χ3n) is 0.849. The summed E-state index contributed by atoms with van der Waals surface area (Å²) in [6, 6.07) is 0. The van der Waals surface area contributed by atoms with Crippen LogP contribution in [0.4, 0.5) is 0 Å². The van der Waals surface area contributed by atoms with Gasteiger partial charge in [0.15, 0.2) is 0 Å². The zero-order valence-corrected chi connectivity index (χ0v) is 5.95. The van der Waals surface area contributed by atoms with E-state index in [9.17, 15) is 0 Å². The fourth-order valence-electron chi connectivity index (χ4n) is 0.411. The fourth-order valence-corrected chi connectivity index (χ4v) is 0.700. The molecule has 0 aliphatic heterocycles. The molecule has 0 radical (unpaired) electrons. The summed E-state index contributed by atoms with van der Waals surface area (Å²) in [5.41, 5.74) is 0. The summed E-state index contributed by atoms with van der Waals surface area (Å²) in [5, 5.41) is 4.40. The Kier molecular flexibility index (Phi) is 1.49. The zero-order valence-electron chi connectivity index (χ0n) is 4.30. The summed E-state index contributed by atoms with van der Waals surface area (Å²) in [7, 11) is 1.77. The van der Waals surface area contributed by atoms with Gasteiger partial charge < -0.3 is 0 Å². The molecule has 0 saturated heterocycles. The molecule has 0 bridgehead atoms. The smallest absolute Gasteiger partial charge is 0.140 e. The van der Waals surface area contributed by atoms with E-state index in [4.69, 9.17) is 11.6 Å². The van der Waals surface area contributed by atoms with Crippen LogP contribution in [0.1, 0.15) is 0 Å². The Morgan fingerprint density at radius 1 is 1.88 bits per heavy atom. The predicted molar refractivity (Wildman–Crippen MR) is 35.5 cm³/mol. The summed E-state index contributed by atoms with van der Waals surface area (Å²) in [4.78, 5) is 0.717. The third kappa shape index (κ3) is 0.833. The Morgan fingerprint density at radius 3 is 2.62 bits per heavy atom. The summed E-state index contributed by atoms with van der Waals surface area (Å²) in [6.07, 6.45) is 1.60. The first-order valence-electron chi connectivity index (χ1n) is 2.08. The van der Waals surface area contributed by atoms with Gasteiger partial charge in [-0.1, -0.05) is 11.6 Å². The van der Waals surface area contributed by atoms with Crippen LogP contribution in [0.15, 0.2) is 11.1 Å². The van der Waals surface area contributed by atoms with Crippen LogP contribution in [0, 0.1) is 0 Å². The molecule has 1 heterocycles. The molecule has 0 saturated carbocycles. The van der Waals surface area contributed by atoms with Crippen LogP contribution in [-0.2, 0) is 7.05 Å². The van der Waals surface area contributed by atoms with Gasteiger partial charge in [-0.3, -0.25) is 4.68 Å². The van der Waals surface area contributed by atoms with Gasteiger partial charge in [-0.15, -0.1) is 12.6 Å². The van der Waals surface area contributed by atoms with Gasteiger partial charge in [-0.05, 0) is 0 Å². The van der Waals surface area contributed by atoms with Crippen LogP contribution in [0.2, 0.25) is 5.15 Å². The van der Waals surface area contributed by atoms with Gasteiger partial charge in [0.1, 0.15) is 5.15 Å². The van der Waals surface area contributed by atoms with Gasteiger partial charge in [0, 0.05) is 7.05 Å². The molecule has 1 rings (SSSR count). The lowest BCUT2D eigenvalue weighted by Gasteiger charge is -1.87. The topological polar surface area (TPSA) is 17.8 Å². The quantitative estimate of drug-likeness (QED) is 0.551. The van der Waals surface area contributed by atoms with Crippen LogP contribution in [0.5, 0.6) is 0 Å². The standard InChI is InChI=1S/C4H5ClN2S/c1-7-4(5)3(8)2-6-7/h2,8H,1H3. The Bertz CT molecular complexity index is 176. The van der Waals surface area contributed by atoms with E-state index in [-0.39, 0.29) is 0 Å². The maximum Gasteiger partial charge on any atom is 0.140 e. The number of nitrogens with zero attached hydrogens (tertiary/aromatic N) is 2. The number of hydrogen-bond acceptors (Lipinski definition) is 2. The highest BCUT2D eigenvalue weighted by Gasteiger charge is 1.97. The van der Waals surface area contributed by atoms with Gasteiger partial charge >= 0.3 is 0 Å². The van der Waals surface area contributed by atoms with E-state index in [1.54, 1.807) is 17.9 Å². The summed E-state index contributed by atoms with van der Waals surface area (Å²) in [6.45, 7) is 0. The molecule has 0 fully saturated rings. The van der Waals surface area contributed by atoms with Crippen molar-refractivity contribution >= 4 is 24.2 Å². The Labute approximate surface area is 57.9 Å². The molecular formula is C4H5ClN2S. The van der Waals surface area contributed by atoms with Gasteiger partial charge in [-0.25, -0.2) is 0 Å². The molecule has 1 aromatic heterocycles. The first-order chi connectivity index (χ1) is 3.72. The molecule has 0 amide bonds. The van der Waals surface area contributed by atoms with Crippen LogP contribution in [0.25, 0.3) is 0 Å². The van der Waals surface area contributed by atoms with E-state index in [1.807, 2.05) is 0 Å². The second-order valence-corrected chi connectivity index (χ2v) is 2.28. The van der Waals surface area contributed by atoms with Gasteiger partial charge in [0.05, 0.1) is 11.1 Å². The average Bonchev–Trinajstić information content (AvgIpc) is 1.98. The maximum absolute atomic E-state index is 5.62. The van der Waals surface area contributed by atoms with Crippen LogP contribution < -0.4 is 0 Å². The van der Waals surface area contributed by atoms with E-state index in [1.165, 1.54) is 0 Å². The van der Waals surface area contributed by atoms with Crippen molar-refractivity contribution in [1.29, 1.82) is 0 Å². The van der Waals surface area contributed by atoms with Crippen molar-refractivity contribution in [2.45, 2.75) is 4.90 Å². The molecule has 1 aromatic rings. The molecular weight excluding hydrogens is 144 g/mol. The lowest BCUT2D eigenvalue weighted by molar-refractivity contribution is 0.767. The highest BCUT2D eigenvalue weighted by molar-refractivity contribution is 7.80. The minimum absolute atomic E-state index is 0.577. The predicted octanol–water partition coefficient (Wildman–Crippen LogP) is 1.36. The van der Waals surface area contributed by atoms with Crippen molar-refractivity contribution in [1.82, 2.24) is 9.78 Å². The lowest BCUT2D eigenvalue weighted by Crippen LogP contribution is -1.87. The third-order valence-corrected chi connectivity index (χ3v) is 1.76. The minimum atomic E-state index is 0.577. The summed E-state index contributed by atoms with van der Waals surface area (Å²) >= 11 is 9.62. The fraction of sp³-hybridized carbons (Fsp3) is 0.250. The second kappa shape index (κ2) is 1.99. The monoisotopic (exact) mass is 148 g/mol. The van der Waals surface area contributed by atoms with Crippen molar-refractivity contribution in [3.8, 4) is 0 Å². The van der Waals surface area contributed by atoms with E-state index in [0.717, 1.165) is 0 Å². The van der Waals surface area contributed by atoms with Crippen molar-refractivity contribution < 1.29 is 0 Å². The van der Waals surface area contributed by atoms with Crippen LogP contribution in [-0.4, -0.2) is 9.78 Å². The zero-order chi connectivity index (χ0) is 6.15. The Balaban J connectivity index is 3.19. The van der Waals surface area contributed by atoms with Crippen LogP contribution in [0.3, 0.4) is 0 Å². The summed E-state index contributed by atoms with van der Waals surface area (Å²) < 4.78 is 1.56. The largest absolute Gasteiger partial charge is 0.256 e. The highest BCUT2D eigenvalue weighted by atomic mass is 35.5. The van der Waals surface area contributed by atoms with E-state index < -0.39 is 0 Å². The van der Waals surface area contributed by atoms with E-state index in [2.05, 4.69) is 17.7 Å². The van der Waals surface area contributed by atoms with Gasteiger partial charge in [-0.2, -0.15) is 5.10 Å². The van der Waals surface area contributed by atoms with Crippen molar-refractivity contribution in [2.75, 3.05) is 0 Å². The number of halogens is 1. The minimum Gasteiger partial charge on any atom is -0.256 e. The normalized spacial score (nSPS) is 9.88. The van der Waals surface area contributed by atoms with Gasteiger partial charge in [0.2, 0.25) is 0 Å². The molecule has 8 heavy (non-hydrogen) atoms. The lowest BCUT2D eigenvalue weighted by atomic mass is 10.7. The van der Waals surface area contributed by atoms with Crippen LogP contribution >= 0.6 is 24.2 Å². The highest BCUT2D eigenvalue weighted by Crippen LogP contribution is 2.16. The molecule has 4 heteroatoms. The van der Waals surface area contributed by atoms with Gasteiger partial charge in [0.25, 0.3) is 0 Å². The molecule has 0 atom stereocenters. The Morgan fingerprint density at radius 2 is 2.50 bits per heavy atom. The van der Waals surface area contributed by atoms with Crippen molar-refractivity contribution in [3.63, 3.8) is 0 Å². The molecule has 0 aliphatic rings. The van der Waals surface area contributed by atoms with Crippen molar-refractivity contribution in [2.24, 2.45) is 7.05 Å². The van der Waals surface area contributed by atoms with Crippen molar-refractivity contribution in [3.05, 3.63) is 11.3 Å².